The minimum absolute atomic E-state index is 0.00626. The number of ether oxygens (including phenoxy) is 1. The molecule has 0 aliphatic carbocycles. The molecular formula is C20H11Cl2F6NO2S. The second-order valence-corrected chi connectivity index (χ2v) is 8.05. The SMILES string of the molecule is Oc1cc(NSc2ccc(Oc3cc(Cl)cc(Cl)c3)c(C(F)(F)F)c2)ccc1C(F)(F)F. The van der Waals surface area contributed by atoms with Crippen LogP contribution in [0.1, 0.15) is 11.1 Å². The summed E-state index contributed by atoms with van der Waals surface area (Å²) < 4.78 is 86.7. The number of halogens is 8. The zero-order chi connectivity index (χ0) is 23.7. The van der Waals surface area contributed by atoms with Gasteiger partial charge >= 0.3 is 12.4 Å². The van der Waals surface area contributed by atoms with E-state index in [0.29, 0.717) is 18.0 Å². The van der Waals surface area contributed by atoms with Gasteiger partial charge in [0, 0.05) is 26.7 Å². The second-order valence-electron chi connectivity index (χ2n) is 6.30. The van der Waals surface area contributed by atoms with Crippen molar-refractivity contribution in [2.24, 2.45) is 0 Å². The Bertz CT molecular complexity index is 1120. The highest BCUT2D eigenvalue weighted by atomic mass is 35.5. The van der Waals surface area contributed by atoms with Crippen molar-refractivity contribution in [2.45, 2.75) is 17.2 Å². The van der Waals surface area contributed by atoms with Crippen molar-refractivity contribution >= 4 is 40.8 Å². The molecular weight excluding hydrogens is 503 g/mol. The van der Waals surface area contributed by atoms with E-state index in [2.05, 4.69) is 4.72 Å². The highest BCUT2D eigenvalue weighted by Gasteiger charge is 2.35. The lowest BCUT2D eigenvalue weighted by molar-refractivity contribution is -0.139. The lowest BCUT2D eigenvalue weighted by Crippen LogP contribution is -2.07. The van der Waals surface area contributed by atoms with Gasteiger partial charge in [0.15, 0.2) is 0 Å². The average Bonchev–Trinajstić information content (AvgIpc) is 2.64. The fraction of sp³-hybridized carbons (Fsp3) is 0.100. The van der Waals surface area contributed by atoms with Crippen molar-refractivity contribution in [3.05, 3.63) is 75.8 Å². The van der Waals surface area contributed by atoms with Crippen LogP contribution in [0.25, 0.3) is 0 Å². The summed E-state index contributed by atoms with van der Waals surface area (Å²) in [6.45, 7) is 0. The standard InChI is InChI=1S/C20H11Cl2F6NO2S/c21-10-5-11(22)7-13(6-10)31-18-4-2-14(9-16(18)20(26,27)28)32-29-12-1-3-15(17(30)8-12)19(23,24)25/h1-9,29-30H. The van der Waals surface area contributed by atoms with Crippen LogP contribution in [0.4, 0.5) is 32.0 Å². The number of anilines is 1. The van der Waals surface area contributed by atoms with E-state index in [0.717, 1.165) is 24.3 Å². The van der Waals surface area contributed by atoms with Gasteiger partial charge in [0.25, 0.3) is 0 Å². The summed E-state index contributed by atoms with van der Waals surface area (Å²) in [6, 6.07) is 9.73. The summed E-state index contributed by atoms with van der Waals surface area (Å²) in [6.07, 6.45) is -9.50. The molecule has 0 aliphatic rings. The normalized spacial score (nSPS) is 12.0. The Morgan fingerprint density at radius 1 is 0.781 bits per heavy atom. The zero-order valence-corrected chi connectivity index (χ0v) is 17.8. The highest BCUT2D eigenvalue weighted by molar-refractivity contribution is 8.00. The number of hydrogen-bond donors (Lipinski definition) is 2. The van der Waals surface area contributed by atoms with Crippen molar-refractivity contribution in [1.29, 1.82) is 0 Å². The first kappa shape index (κ1) is 24.2. The van der Waals surface area contributed by atoms with E-state index in [1.165, 1.54) is 24.3 Å². The number of alkyl halides is 6. The highest BCUT2D eigenvalue weighted by Crippen LogP contribution is 2.42. The molecule has 0 saturated carbocycles. The topological polar surface area (TPSA) is 41.5 Å². The maximum atomic E-state index is 13.6. The Hall–Kier alpha value is -2.43. The Morgan fingerprint density at radius 2 is 1.41 bits per heavy atom. The third-order valence-corrected chi connectivity index (χ3v) is 5.17. The second kappa shape index (κ2) is 9.21. The molecule has 3 nitrogen and oxygen atoms in total. The molecule has 3 aromatic rings. The van der Waals surface area contributed by atoms with Crippen LogP contribution in [0.2, 0.25) is 10.0 Å². The van der Waals surface area contributed by atoms with Gasteiger partial charge in [-0.3, -0.25) is 0 Å². The van der Waals surface area contributed by atoms with E-state index in [9.17, 15) is 31.4 Å². The Balaban J connectivity index is 1.82. The zero-order valence-electron chi connectivity index (χ0n) is 15.5. The first-order valence-corrected chi connectivity index (χ1v) is 10.1. The van der Waals surface area contributed by atoms with Crippen LogP contribution < -0.4 is 9.46 Å². The fourth-order valence-electron chi connectivity index (χ4n) is 2.55. The molecule has 0 atom stereocenters. The molecule has 0 amide bonds. The average molecular weight is 514 g/mol. The number of phenolic OH excluding ortho intramolecular Hbond substituents is 1. The molecule has 32 heavy (non-hydrogen) atoms. The molecule has 12 heteroatoms. The van der Waals surface area contributed by atoms with Crippen molar-refractivity contribution in [3.8, 4) is 17.2 Å². The minimum Gasteiger partial charge on any atom is -0.507 e. The number of aromatic hydroxyl groups is 1. The van der Waals surface area contributed by atoms with Crippen LogP contribution in [-0.4, -0.2) is 5.11 Å². The number of phenols is 1. The maximum Gasteiger partial charge on any atom is 0.420 e. The lowest BCUT2D eigenvalue weighted by Gasteiger charge is -2.16. The van der Waals surface area contributed by atoms with Crippen molar-refractivity contribution in [3.63, 3.8) is 0 Å². The van der Waals surface area contributed by atoms with E-state index in [4.69, 9.17) is 27.9 Å². The molecule has 2 N–H and O–H groups in total. The quantitative estimate of drug-likeness (QED) is 0.264. The largest absolute Gasteiger partial charge is 0.507 e. The maximum absolute atomic E-state index is 13.6. The summed E-state index contributed by atoms with van der Waals surface area (Å²) in [5.74, 6) is -1.50. The van der Waals surface area contributed by atoms with E-state index < -0.39 is 35.0 Å². The number of rotatable bonds is 5. The monoisotopic (exact) mass is 513 g/mol. The summed E-state index contributed by atoms with van der Waals surface area (Å²) in [7, 11) is 0. The fourth-order valence-corrected chi connectivity index (χ4v) is 3.73. The van der Waals surface area contributed by atoms with Crippen LogP contribution in [0.5, 0.6) is 17.2 Å². The van der Waals surface area contributed by atoms with Crippen LogP contribution >= 0.6 is 35.1 Å². The van der Waals surface area contributed by atoms with Gasteiger partial charge in [-0.2, -0.15) is 26.3 Å². The van der Waals surface area contributed by atoms with E-state index in [1.807, 2.05) is 0 Å². The van der Waals surface area contributed by atoms with Gasteiger partial charge in [-0.1, -0.05) is 23.2 Å². The molecule has 0 spiro atoms. The van der Waals surface area contributed by atoms with Crippen LogP contribution in [0.15, 0.2) is 59.5 Å². The predicted molar refractivity (Wildman–Crippen MR) is 111 cm³/mol. The van der Waals surface area contributed by atoms with Crippen LogP contribution in [0, 0.1) is 0 Å². The van der Waals surface area contributed by atoms with Crippen molar-refractivity contribution in [2.75, 3.05) is 4.72 Å². The minimum atomic E-state index is -4.76. The first-order valence-electron chi connectivity index (χ1n) is 8.51. The molecule has 0 unspecified atom stereocenters. The molecule has 3 aromatic carbocycles. The van der Waals surface area contributed by atoms with Crippen LogP contribution in [-0.2, 0) is 12.4 Å². The summed E-state index contributed by atoms with van der Waals surface area (Å²) in [4.78, 5) is 0.0909. The van der Waals surface area contributed by atoms with Gasteiger partial charge in [0.05, 0.1) is 11.1 Å². The van der Waals surface area contributed by atoms with Gasteiger partial charge < -0.3 is 14.6 Å². The third kappa shape index (κ3) is 6.08. The Morgan fingerprint density at radius 3 is 1.97 bits per heavy atom. The summed E-state index contributed by atoms with van der Waals surface area (Å²) in [5, 5.41) is 9.89. The van der Waals surface area contributed by atoms with E-state index >= 15 is 0 Å². The van der Waals surface area contributed by atoms with Gasteiger partial charge in [0.1, 0.15) is 17.2 Å². The molecule has 0 radical (unpaired) electrons. The number of hydrogen-bond acceptors (Lipinski definition) is 4. The van der Waals surface area contributed by atoms with Crippen LogP contribution in [0.3, 0.4) is 0 Å². The molecule has 170 valence electrons. The summed E-state index contributed by atoms with van der Waals surface area (Å²) in [5.41, 5.74) is -2.26. The van der Waals surface area contributed by atoms with E-state index in [1.54, 1.807) is 0 Å². The lowest BCUT2D eigenvalue weighted by atomic mass is 10.2. The molecule has 0 aliphatic heterocycles. The smallest absolute Gasteiger partial charge is 0.420 e. The van der Waals surface area contributed by atoms with Crippen molar-refractivity contribution in [1.82, 2.24) is 0 Å². The molecule has 0 aromatic heterocycles. The Kier molecular flexibility index (Phi) is 6.97. The van der Waals surface area contributed by atoms with Gasteiger partial charge in [-0.15, -0.1) is 0 Å². The third-order valence-electron chi connectivity index (χ3n) is 3.91. The number of benzene rings is 3. The first-order chi connectivity index (χ1) is 14.8. The molecule has 0 bridgehead atoms. The molecule has 0 heterocycles. The summed E-state index contributed by atoms with van der Waals surface area (Å²) >= 11 is 12.4. The molecule has 3 rings (SSSR count). The van der Waals surface area contributed by atoms with Gasteiger partial charge in [0.2, 0.25) is 0 Å². The van der Waals surface area contributed by atoms with Gasteiger partial charge in [-0.05, 0) is 60.5 Å². The number of nitrogens with one attached hydrogen (secondary N) is 1. The molecule has 0 fully saturated rings. The Labute approximate surface area is 192 Å². The molecule has 0 saturated heterocycles. The van der Waals surface area contributed by atoms with E-state index in [-0.39, 0.29) is 26.4 Å². The van der Waals surface area contributed by atoms with Gasteiger partial charge in [-0.25, -0.2) is 0 Å². The predicted octanol–water partition coefficient (Wildman–Crippen LogP) is 8.65. The van der Waals surface area contributed by atoms with Crippen molar-refractivity contribution < 1.29 is 36.2 Å².